The summed E-state index contributed by atoms with van der Waals surface area (Å²) in [5, 5.41) is 2.84. The van der Waals surface area contributed by atoms with E-state index in [0.29, 0.717) is 16.3 Å². The summed E-state index contributed by atoms with van der Waals surface area (Å²) in [6, 6.07) is 7.31. The van der Waals surface area contributed by atoms with Gasteiger partial charge in [-0.05, 0) is 56.5 Å². The third-order valence-corrected chi connectivity index (χ3v) is 5.67. The second-order valence-electron chi connectivity index (χ2n) is 3.73. The van der Waals surface area contributed by atoms with Crippen LogP contribution in [0.25, 0.3) is 0 Å². The third kappa shape index (κ3) is 2.76. The molecule has 0 atom stereocenters. The second-order valence-corrected chi connectivity index (χ2v) is 6.95. The van der Waals surface area contributed by atoms with E-state index in [9.17, 15) is 4.79 Å². The first kappa shape index (κ1) is 13.6. The van der Waals surface area contributed by atoms with Crippen LogP contribution in [0.4, 0.5) is 11.4 Å². The molecule has 1 aromatic carbocycles. The predicted octanol–water partition coefficient (Wildman–Crippen LogP) is 4.42. The lowest BCUT2D eigenvalue weighted by molar-refractivity contribution is 0.103. The highest BCUT2D eigenvalue weighted by Crippen LogP contribution is 2.33. The van der Waals surface area contributed by atoms with Gasteiger partial charge in [-0.3, -0.25) is 4.79 Å². The predicted molar refractivity (Wildman–Crippen MR) is 83.3 cm³/mol. The number of hydrogen-bond donors (Lipinski definition) is 2. The molecule has 2 aromatic rings. The largest absolute Gasteiger partial charge is 0.397 e. The number of amides is 1. The number of hydrogen-bond acceptors (Lipinski definition) is 3. The minimum atomic E-state index is -0.160. The lowest BCUT2D eigenvalue weighted by Gasteiger charge is -2.09. The van der Waals surface area contributed by atoms with Crippen LogP contribution in [0.5, 0.6) is 0 Å². The van der Waals surface area contributed by atoms with Gasteiger partial charge < -0.3 is 11.1 Å². The zero-order valence-corrected chi connectivity index (χ0v) is 13.4. The Bertz CT molecular complexity index is 570. The number of benzene rings is 1. The van der Waals surface area contributed by atoms with Gasteiger partial charge in [0.25, 0.3) is 5.91 Å². The normalized spacial score (nSPS) is 10.4. The van der Waals surface area contributed by atoms with Crippen molar-refractivity contribution in [2.24, 2.45) is 0 Å². The molecular formula is C12H10Br2N2OS. The van der Waals surface area contributed by atoms with E-state index in [2.05, 4.69) is 37.2 Å². The van der Waals surface area contributed by atoms with Crippen molar-refractivity contribution in [1.82, 2.24) is 0 Å². The quantitative estimate of drug-likeness (QED) is 0.747. The molecule has 18 heavy (non-hydrogen) atoms. The molecule has 3 nitrogen and oxygen atoms in total. The fourth-order valence-electron chi connectivity index (χ4n) is 1.49. The van der Waals surface area contributed by atoms with Gasteiger partial charge in [-0.1, -0.05) is 12.1 Å². The number of halogens is 2. The van der Waals surface area contributed by atoms with Gasteiger partial charge in [0.15, 0.2) is 0 Å². The Balaban J connectivity index is 2.27. The van der Waals surface area contributed by atoms with E-state index in [1.807, 2.05) is 19.1 Å². The SMILES string of the molecule is Cc1cccc(N)c1NC(=O)c1cc(Br)c(Br)s1. The standard InChI is InChI=1S/C12H10Br2N2OS/c1-6-3-2-4-8(15)10(6)16-12(17)9-5-7(13)11(14)18-9/h2-5H,15H2,1H3,(H,16,17). The summed E-state index contributed by atoms with van der Waals surface area (Å²) in [6.07, 6.45) is 0. The van der Waals surface area contributed by atoms with Crippen LogP contribution in [0.2, 0.25) is 0 Å². The minimum Gasteiger partial charge on any atom is -0.397 e. The van der Waals surface area contributed by atoms with E-state index < -0.39 is 0 Å². The maximum Gasteiger partial charge on any atom is 0.265 e. The highest BCUT2D eigenvalue weighted by Gasteiger charge is 2.14. The van der Waals surface area contributed by atoms with Gasteiger partial charge in [-0.25, -0.2) is 0 Å². The van der Waals surface area contributed by atoms with Gasteiger partial charge in [0.1, 0.15) is 0 Å². The molecule has 0 saturated heterocycles. The summed E-state index contributed by atoms with van der Waals surface area (Å²) < 4.78 is 1.76. The van der Waals surface area contributed by atoms with Gasteiger partial charge in [0, 0.05) is 4.47 Å². The average molecular weight is 390 g/mol. The number of carbonyl (C=O) groups excluding carboxylic acids is 1. The van der Waals surface area contributed by atoms with Crippen LogP contribution in [0.15, 0.2) is 32.5 Å². The molecule has 0 bridgehead atoms. The maximum absolute atomic E-state index is 12.1. The highest BCUT2D eigenvalue weighted by atomic mass is 79.9. The molecule has 0 aliphatic heterocycles. The Kier molecular flexibility index (Phi) is 4.09. The van der Waals surface area contributed by atoms with Crippen molar-refractivity contribution >= 4 is 60.5 Å². The Labute approximate surface area is 126 Å². The number of nitrogens with two attached hydrogens (primary N) is 1. The molecule has 2 rings (SSSR count). The first-order valence-electron chi connectivity index (χ1n) is 5.10. The number of anilines is 2. The van der Waals surface area contributed by atoms with E-state index in [4.69, 9.17) is 5.73 Å². The molecule has 6 heteroatoms. The molecule has 0 spiro atoms. The van der Waals surface area contributed by atoms with Gasteiger partial charge in [0.05, 0.1) is 20.0 Å². The molecule has 0 aliphatic carbocycles. The Morgan fingerprint density at radius 3 is 2.67 bits per heavy atom. The molecule has 0 fully saturated rings. The maximum atomic E-state index is 12.1. The van der Waals surface area contributed by atoms with Crippen LogP contribution in [-0.2, 0) is 0 Å². The topological polar surface area (TPSA) is 55.1 Å². The van der Waals surface area contributed by atoms with E-state index in [-0.39, 0.29) is 5.91 Å². The zero-order chi connectivity index (χ0) is 13.3. The summed E-state index contributed by atoms with van der Waals surface area (Å²) in [6.45, 7) is 1.91. The lowest BCUT2D eigenvalue weighted by atomic mass is 10.1. The van der Waals surface area contributed by atoms with Crippen molar-refractivity contribution in [3.8, 4) is 0 Å². The van der Waals surface area contributed by atoms with Gasteiger partial charge in [-0.15, -0.1) is 11.3 Å². The second kappa shape index (κ2) is 5.42. The Morgan fingerprint density at radius 1 is 1.39 bits per heavy atom. The van der Waals surface area contributed by atoms with Crippen molar-refractivity contribution in [3.05, 3.63) is 43.0 Å². The van der Waals surface area contributed by atoms with E-state index in [1.54, 1.807) is 12.1 Å². The number of nitrogens with one attached hydrogen (secondary N) is 1. The molecule has 0 aliphatic rings. The van der Waals surface area contributed by atoms with Crippen LogP contribution in [-0.4, -0.2) is 5.91 Å². The van der Waals surface area contributed by atoms with E-state index in [0.717, 1.165) is 13.8 Å². The smallest absolute Gasteiger partial charge is 0.265 e. The molecule has 1 amide bonds. The molecule has 0 unspecified atom stereocenters. The molecule has 3 N–H and O–H groups in total. The van der Waals surface area contributed by atoms with E-state index in [1.165, 1.54) is 11.3 Å². The molecule has 1 aromatic heterocycles. The number of thiophene rings is 1. The summed E-state index contributed by atoms with van der Waals surface area (Å²) in [7, 11) is 0. The van der Waals surface area contributed by atoms with Gasteiger partial charge in [0.2, 0.25) is 0 Å². The van der Waals surface area contributed by atoms with Gasteiger partial charge >= 0.3 is 0 Å². The summed E-state index contributed by atoms with van der Waals surface area (Å²) in [5.74, 6) is -0.160. The molecule has 0 saturated carbocycles. The number of para-hydroxylation sites is 1. The first-order valence-corrected chi connectivity index (χ1v) is 7.50. The van der Waals surface area contributed by atoms with Crippen LogP contribution >= 0.6 is 43.2 Å². The van der Waals surface area contributed by atoms with Crippen molar-refractivity contribution < 1.29 is 4.79 Å². The van der Waals surface area contributed by atoms with Crippen LogP contribution in [0.1, 0.15) is 15.2 Å². The Morgan fingerprint density at radius 2 is 2.11 bits per heavy atom. The van der Waals surface area contributed by atoms with Crippen molar-refractivity contribution in [2.75, 3.05) is 11.1 Å². The molecule has 1 heterocycles. The summed E-state index contributed by atoms with van der Waals surface area (Å²) in [5.41, 5.74) is 8.03. The van der Waals surface area contributed by atoms with E-state index >= 15 is 0 Å². The fourth-order valence-corrected chi connectivity index (χ4v) is 3.43. The summed E-state index contributed by atoms with van der Waals surface area (Å²) in [4.78, 5) is 12.7. The number of nitrogen functional groups attached to an aromatic ring is 1. The minimum absolute atomic E-state index is 0.160. The van der Waals surface area contributed by atoms with Gasteiger partial charge in [-0.2, -0.15) is 0 Å². The summed E-state index contributed by atoms with van der Waals surface area (Å²) >= 11 is 8.09. The fraction of sp³-hybridized carbons (Fsp3) is 0.0833. The molecular weight excluding hydrogens is 380 g/mol. The monoisotopic (exact) mass is 388 g/mol. The average Bonchev–Trinajstić information content (AvgIpc) is 2.64. The lowest BCUT2D eigenvalue weighted by Crippen LogP contribution is -2.12. The zero-order valence-electron chi connectivity index (χ0n) is 9.46. The first-order chi connectivity index (χ1) is 8.49. The van der Waals surface area contributed by atoms with Crippen molar-refractivity contribution in [2.45, 2.75) is 6.92 Å². The Hall–Kier alpha value is -0.850. The number of aryl methyl sites for hydroxylation is 1. The van der Waals surface area contributed by atoms with Crippen LogP contribution in [0.3, 0.4) is 0 Å². The number of rotatable bonds is 2. The molecule has 94 valence electrons. The highest BCUT2D eigenvalue weighted by molar-refractivity contribution is 9.13. The third-order valence-electron chi connectivity index (χ3n) is 2.41. The van der Waals surface area contributed by atoms with Crippen molar-refractivity contribution in [1.29, 1.82) is 0 Å². The van der Waals surface area contributed by atoms with Crippen molar-refractivity contribution in [3.63, 3.8) is 0 Å². The van der Waals surface area contributed by atoms with Crippen LogP contribution < -0.4 is 11.1 Å². The molecule has 0 radical (unpaired) electrons. The number of carbonyl (C=O) groups is 1. The van der Waals surface area contributed by atoms with Crippen LogP contribution in [0, 0.1) is 6.92 Å².